The Hall–Kier alpha value is -3.41. The quantitative estimate of drug-likeness (QED) is 0.629. The number of benzene rings is 2. The minimum Gasteiger partial charge on any atom is -0.497 e. The molecule has 6 heteroatoms. The summed E-state index contributed by atoms with van der Waals surface area (Å²) in [5, 5.41) is 6.20. The lowest BCUT2D eigenvalue weighted by atomic mass is 10.2. The van der Waals surface area contributed by atoms with E-state index in [9.17, 15) is 4.79 Å². The van der Waals surface area contributed by atoms with Gasteiger partial charge in [0, 0.05) is 29.4 Å². The zero-order valence-electron chi connectivity index (χ0n) is 16.3. The summed E-state index contributed by atoms with van der Waals surface area (Å²) >= 11 is 0. The number of carbonyl (C=O) groups excluding carboxylic acids is 1. The van der Waals surface area contributed by atoms with Crippen molar-refractivity contribution >= 4 is 17.4 Å². The van der Waals surface area contributed by atoms with Crippen molar-refractivity contribution in [2.45, 2.75) is 26.3 Å². The molecule has 0 aliphatic rings. The van der Waals surface area contributed by atoms with E-state index in [0.717, 1.165) is 12.0 Å². The van der Waals surface area contributed by atoms with Crippen LogP contribution in [0, 0.1) is 0 Å². The van der Waals surface area contributed by atoms with E-state index in [4.69, 9.17) is 4.74 Å². The SMILES string of the molecule is CCC(C)Nc1cc(C(=O)Nc2cccc(OC)c2)nc(-c2ccccc2)n1. The van der Waals surface area contributed by atoms with E-state index in [1.807, 2.05) is 42.5 Å². The van der Waals surface area contributed by atoms with Crippen molar-refractivity contribution in [2.24, 2.45) is 0 Å². The van der Waals surface area contributed by atoms with Crippen LogP contribution in [0.15, 0.2) is 60.7 Å². The van der Waals surface area contributed by atoms with Crippen LogP contribution in [0.25, 0.3) is 11.4 Å². The molecule has 0 aliphatic carbocycles. The summed E-state index contributed by atoms with van der Waals surface area (Å²) in [5.41, 5.74) is 1.79. The Bertz CT molecular complexity index is 944. The van der Waals surface area contributed by atoms with Crippen LogP contribution < -0.4 is 15.4 Å². The standard InChI is InChI=1S/C22H24N4O2/c1-4-15(2)23-20-14-19(25-21(26-20)16-9-6-5-7-10-16)22(27)24-17-11-8-12-18(13-17)28-3/h5-15H,4H2,1-3H3,(H,24,27)(H,23,25,26). The van der Waals surface area contributed by atoms with Gasteiger partial charge in [0.15, 0.2) is 5.82 Å². The van der Waals surface area contributed by atoms with Crippen molar-refractivity contribution < 1.29 is 9.53 Å². The Balaban J connectivity index is 1.93. The topological polar surface area (TPSA) is 76.1 Å². The molecular weight excluding hydrogens is 352 g/mol. The van der Waals surface area contributed by atoms with E-state index in [1.165, 1.54) is 0 Å². The summed E-state index contributed by atoms with van der Waals surface area (Å²) in [4.78, 5) is 21.9. The number of nitrogens with zero attached hydrogens (tertiary/aromatic N) is 2. The first-order valence-electron chi connectivity index (χ1n) is 9.25. The molecule has 3 aromatic rings. The smallest absolute Gasteiger partial charge is 0.274 e. The Labute approximate surface area is 165 Å². The second kappa shape index (κ2) is 8.99. The van der Waals surface area contributed by atoms with Crippen molar-refractivity contribution in [3.8, 4) is 17.1 Å². The molecule has 0 saturated heterocycles. The van der Waals surface area contributed by atoms with Crippen LogP contribution in [0.3, 0.4) is 0 Å². The molecule has 28 heavy (non-hydrogen) atoms. The predicted octanol–water partition coefficient (Wildman–Crippen LogP) is 4.61. The van der Waals surface area contributed by atoms with Crippen LogP contribution in [0.4, 0.5) is 11.5 Å². The lowest BCUT2D eigenvalue weighted by molar-refractivity contribution is 0.102. The molecule has 3 rings (SSSR count). The van der Waals surface area contributed by atoms with E-state index in [-0.39, 0.29) is 11.9 Å². The van der Waals surface area contributed by atoms with Crippen LogP contribution in [0.1, 0.15) is 30.8 Å². The first kappa shape index (κ1) is 19.4. The molecule has 1 atom stereocenters. The fourth-order valence-corrected chi connectivity index (χ4v) is 2.60. The number of rotatable bonds is 7. The van der Waals surface area contributed by atoms with E-state index >= 15 is 0 Å². The number of hydrogen-bond donors (Lipinski definition) is 2. The maximum absolute atomic E-state index is 12.8. The van der Waals surface area contributed by atoms with Gasteiger partial charge in [-0.3, -0.25) is 4.79 Å². The second-order valence-electron chi connectivity index (χ2n) is 6.47. The number of amides is 1. The van der Waals surface area contributed by atoms with Gasteiger partial charge in [0.05, 0.1) is 7.11 Å². The molecule has 0 bridgehead atoms. The third-order valence-electron chi connectivity index (χ3n) is 4.33. The maximum atomic E-state index is 12.8. The van der Waals surface area contributed by atoms with Crippen LogP contribution >= 0.6 is 0 Å². The minimum absolute atomic E-state index is 0.229. The van der Waals surface area contributed by atoms with Crippen molar-refractivity contribution in [2.75, 3.05) is 17.7 Å². The molecular formula is C22H24N4O2. The summed E-state index contributed by atoms with van der Waals surface area (Å²) in [6.45, 7) is 4.16. The van der Waals surface area contributed by atoms with Crippen LogP contribution in [-0.2, 0) is 0 Å². The average molecular weight is 376 g/mol. The van der Waals surface area contributed by atoms with E-state index < -0.39 is 0 Å². The van der Waals surface area contributed by atoms with Gasteiger partial charge in [-0.15, -0.1) is 0 Å². The molecule has 2 aromatic carbocycles. The van der Waals surface area contributed by atoms with E-state index in [2.05, 4.69) is 34.4 Å². The van der Waals surface area contributed by atoms with Gasteiger partial charge in [0.25, 0.3) is 5.91 Å². The molecule has 6 nitrogen and oxygen atoms in total. The highest BCUT2D eigenvalue weighted by molar-refractivity contribution is 6.03. The zero-order valence-corrected chi connectivity index (χ0v) is 16.3. The lowest BCUT2D eigenvalue weighted by Gasteiger charge is -2.14. The highest BCUT2D eigenvalue weighted by Gasteiger charge is 2.14. The number of anilines is 2. The van der Waals surface area contributed by atoms with Crippen LogP contribution in [0.5, 0.6) is 5.75 Å². The number of ether oxygens (including phenoxy) is 1. The zero-order chi connectivity index (χ0) is 19.9. The van der Waals surface area contributed by atoms with Crippen molar-refractivity contribution in [3.05, 3.63) is 66.4 Å². The van der Waals surface area contributed by atoms with Gasteiger partial charge in [-0.25, -0.2) is 9.97 Å². The number of nitrogens with one attached hydrogen (secondary N) is 2. The van der Waals surface area contributed by atoms with Gasteiger partial charge in [-0.1, -0.05) is 43.3 Å². The summed E-state index contributed by atoms with van der Waals surface area (Å²) in [6.07, 6.45) is 0.940. The monoisotopic (exact) mass is 376 g/mol. The van der Waals surface area contributed by atoms with Crippen molar-refractivity contribution in [1.82, 2.24) is 9.97 Å². The molecule has 2 N–H and O–H groups in total. The average Bonchev–Trinajstić information content (AvgIpc) is 2.74. The number of aromatic nitrogens is 2. The highest BCUT2D eigenvalue weighted by atomic mass is 16.5. The molecule has 0 radical (unpaired) electrons. The molecule has 1 heterocycles. The fourth-order valence-electron chi connectivity index (χ4n) is 2.60. The van der Waals surface area contributed by atoms with Gasteiger partial charge < -0.3 is 15.4 Å². The molecule has 0 spiro atoms. The fraction of sp³-hybridized carbons (Fsp3) is 0.227. The summed E-state index contributed by atoms with van der Waals surface area (Å²) in [6, 6.07) is 18.7. The first-order valence-corrected chi connectivity index (χ1v) is 9.25. The van der Waals surface area contributed by atoms with Crippen LogP contribution in [0.2, 0.25) is 0 Å². The van der Waals surface area contributed by atoms with E-state index in [1.54, 1.807) is 25.3 Å². The highest BCUT2D eigenvalue weighted by Crippen LogP contribution is 2.21. The molecule has 1 unspecified atom stereocenters. The van der Waals surface area contributed by atoms with Crippen LogP contribution in [-0.4, -0.2) is 29.0 Å². The van der Waals surface area contributed by atoms with Gasteiger partial charge in [0.2, 0.25) is 0 Å². The van der Waals surface area contributed by atoms with Crippen molar-refractivity contribution in [1.29, 1.82) is 0 Å². The number of carbonyl (C=O) groups is 1. The summed E-state index contributed by atoms with van der Waals surface area (Å²) < 4.78 is 5.21. The second-order valence-corrected chi connectivity index (χ2v) is 6.47. The largest absolute Gasteiger partial charge is 0.497 e. The van der Waals surface area contributed by atoms with Gasteiger partial charge in [-0.2, -0.15) is 0 Å². The lowest BCUT2D eigenvalue weighted by Crippen LogP contribution is -2.18. The van der Waals surface area contributed by atoms with Gasteiger partial charge >= 0.3 is 0 Å². The number of hydrogen-bond acceptors (Lipinski definition) is 5. The van der Waals surface area contributed by atoms with E-state index in [0.29, 0.717) is 28.8 Å². The Kier molecular flexibility index (Phi) is 6.22. The molecule has 0 saturated carbocycles. The molecule has 0 aliphatic heterocycles. The third-order valence-corrected chi connectivity index (χ3v) is 4.33. The summed E-state index contributed by atoms with van der Waals surface area (Å²) in [7, 11) is 1.59. The molecule has 1 amide bonds. The van der Waals surface area contributed by atoms with Gasteiger partial charge in [-0.05, 0) is 25.5 Å². The Morgan fingerprint density at radius 3 is 2.57 bits per heavy atom. The Morgan fingerprint density at radius 2 is 1.86 bits per heavy atom. The van der Waals surface area contributed by atoms with Gasteiger partial charge in [0.1, 0.15) is 17.3 Å². The minimum atomic E-state index is -0.306. The van der Waals surface area contributed by atoms with Crippen molar-refractivity contribution in [3.63, 3.8) is 0 Å². The Morgan fingerprint density at radius 1 is 1.07 bits per heavy atom. The molecule has 1 aromatic heterocycles. The predicted molar refractivity (Wildman–Crippen MR) is 112 cm³/mol. The maximum Gasteiger partial charge on any atom is 0.274 e. The molecule has 144 valence electrons. The third kappa shape index (κ3) is 4.85. The number of methoxy groups -OCH3 is 1. The normalized spacial score (nSPS) is 11.5. The summed E-state index contributed by atoms with van der Waals surface area (Å²) in [5.74, 6) is 1.49. The first-order chi connectivity index (χ1) is 13.6. The molecule has 0 fully saturated rings.